The summed E-state index contributed by atoms with van der Waals surface area (Å²) in [4.78, 5) is 3.87. The number of aliphatic imine (C=N–C) groups is 1. The average molecular weight is 279 g/mol. The summed E-state index contributed by atoms with van der Waals surface area (Å²) in [6.45, 7) is 1.87. The van der Waals surface area contributed by atoms with Gasteiger partial charge in [0.05, 0.1) is 19.6 Å². The first-order valence-electron chi connectivity index (χ1n) is 6.28. The van der Waals surface area contributed by atoms with Crippen LogP contribution in [0.25, 0.3) is 0 Å². The summed E-state index contributed by atoms with van der Waals surface area (Å²) in [7, 11) is 1.54. The molecule has 0 aromatic carbocycles. The summed E-state index contributed by atoms with van der Waals surface area (Å²) in [6, 6.07) is 0. The first kappa shape index (κ1) is 15.8. The Bertz CT molecular complexity index is 327. The van der Waals surface area contributed by atoms with E-state index in [1.54, 1.807) is 0 Å². The van der Waals surface area contributed by atoms with Gasteiger partial charge in [-0.05, 0) is 12.8 Å². The maximum absolute atomic E-state index is 12.0. The van der Waals surface area contributed by atoms with Gasteiger partial charge in [0.2, 0.25) is 0 Å². The van der Waals surface area contributed by atoms with Crippen LogP contribution in [0.15, 0.2) is 16.6 Å². The van der Waals surface area contributed by atoms with E-state index in [2.05, 4.69) is 15.6 Å². The maximum Gasteiger partial charge on any atom is 0.390 e. The fourth-order valence-corrected chi connectivity index (χ4v) is 1.68. The van der Waals surface area contributed by atoms with E-state index in [0.717, 1.165) is 19.4 Å². The van der Waals surface area contributed by atoms with Crippen molar-refractivity contribution in [1.82, 2.24) is 10.6 Å². The molecule has 4 nitrogen and oxygen atoms in total. The lowest BCUT2D eigenvalue weighted by Crippen LogP contribution is -2.39. The molecule has 0 saturated heterocycles. The zero-order chi connectivity index (χ0) is 14.1. The molecule has 1 heterocycles. The van der Waals surface area contributed by atoms with E-state index in [1.807, 2.05) is 6.08 Å². The van der Waals surface area contributed by atoms with Crippen molar-refractivity contribution in [1.29, 1.82) is 0 Å². The molecule has 0 bridgehead atoms. The summed E-state index contributed by atoms with van der Waals surface area (Å²) in [6.07, 6.45) is -1.19. The number of hydrogen-bond donors (Lipinski definition) is 2. The molecular formula is C12H20F3N3O. The van der Waals surface area contributed by atoms with Gasteiger partial charge < -0.3 is 15.4 Å². The van der Waals surface area contributed by atoms with Crippen LogP contribution >= 0.6 is 0 Å². The van der Waals surface area contributed by atoms with E-state index < -0.39 is 12.6 Å². The molecule has 0 atom stereocenters. The third kappa shape index (κ3) is 7.71. The van der Waals surface area contributed by atoms with Gasteiger partial charge in [-0.3, -0.25) is 4.99 Å². The Labute approximate surface area is 111 Å². The smallest absolute Gasteiger partial charge is 0.377 e. The number of nitrogens with zero attached hydrogens (tertiary/aromatic N) is 1. The minimum Gasteiger partial charge on any atom is -0.377 e. The molecule has 0 aromatic rings. The minimum atomic E-state index is -4.14. The SMILES string of the molecule is CN=C(NCCC1=CCOCC1)NCCC(F)(F)F. The van der Waals surface area contributed by atoms with Crippen molar-refractivity contribution in [2.24, 2.45) is 4.99 Å². The monoisotopic (exact) mass is 279 g/mol. The van der Waals surface area contributed by atoms with Crippen molar-refractivity contribution in [3.8, 4) is 0 Å². The number of rotatable bonds is 5. The van der Waals surface area contributed by atoms with Crippen LogP contribution in [0.4, 0.5) is 13.2 Å². The van der Waals surface area contributed by atoms with Crippen LogP contribution in [0.2, 0.25) is 0 Å². The first-order chi connectivity index (χ1) is 9.01. The average Bonchev–Trinajstić information content (AvgIpc) is 2.37. The van der Waals surface area contributed by atoms with E-state index in [9.17, 15) is 13.2 Å². The lowest BCUT2D eigenvalue weighted by Gasteiger charge is -2.15. The van der Waals surface area contributed by atoms with E-state index >= 15 is 0 Å². The number of ether oxygens (including phenoxy) is 1. The quantitative estimate of drug-likeness (QED) is 0.458. The van der Waals surface area contributed by atoms with Gasteiger partial charge in [-0.1, -0.05) is 11.6 Å². The molecule has 7 heteroatoms. The van der Waals surface area contributed by atoms with Gasteiger partial charge in [-0.25, -0.2) is 0 Å². The van der Waals surface area contributed by atoms with Crippen molar-refractivity contribution in [2.75, 3.05) is 33.4 Å². The fourth-order valence-electron chi connectivity index (χ4n) is 1.68. The predicted octanol–water partition coefficient (Wildman–Crippen LogP) is 1.84. The van der Waals surface area contributed by atoms with Crippen LogP contribution in [0.1, 0.15) is 19.3 Å². The standard InChI is InChI=1S/C12H20F3N3O/c1-16-11(18-7-5-12(13,14)15)17-6-2-10-3-8-19-9-4-10/h3H,2,4-9H2,1H3,(H2,16,17,18). The Balaban J connectivity index is 2.16. The predicted molar refractivity (Wildman–Crippen MR) is 68.2 cm³/mol. The molecule has 0 amide bonds. The van der Waals surface area contributed by atoms with Crippen molar-refractivity contribution in [3.63, 3.8) is 0 Å². The zero-order valence-electron chi connectivity index (χ0n) is 11.0. The second-order valence-electron chi connectivity index (χ2n) is 4.23. The molecule has 19 heavy (non-hydrogen) atoms. The van der Waals surface area contributed by atoms with Crippen LogP contribution in [0, 0.1) is 0 Å². The van der Waals surface area contributed by atoms with Gasteiger partial charge in [0, 0.05) is 20.1 Å². The molecule has 0 aromatic heterocycles. The molecule has 0 saturated carbocycles. The van der Waals surface area contributed by atoms with Crippen LogP contribution in [0.5, 0.6) is 0 Å². The summed E-state index contributed by atoms with van der Waals surface area (Å²) in [5.41, 5.74) is 1.31. The summed E-state index contributed by atoms with van der Waals surface area (Å²) < 4.78 is 41.1. The first-order valence-corrected chi connectivity index (χ1v) is 6.28. The highest BCUT2D eigenvalue weighted by atomic mass is 19.4. The summed E-state index contributed by atoms with van der Waals surface area (Å²) in [5, 5.41) is 5.63. The summed E-state index contributed by atoms with van der Waals surface area (Å²) >= 11 is 0. The molecule has 110 valence electrons. The molecule has 1 rings (SSSR count). The molecule has 0 fully saturated rings. The second-order valence-corrected chi connectivity index (χ2v) is 4.23. The van der Waals surface area contributed by atoms with E-state index in [1.165, 1.54) is 12.6 Å². The van der Waals surface area contributed by atoms with Crippen molar-refractivity contribution in [2.45, 2.75) is 25.4 Å². The normalized spacial score (nSPS) is 17.1. The van der Waals surface area contributed by atoms with E-state index in [4.69, 9.17) is 4.74 Å². The lowest BCUT2D eigenvalue weighted by atomic mass is 10.1. The number of nitrogens with one attached hydrogen (secondary N) is 2. The Morgan fingerprint density at radius 1 is 1.37 bits per heavy atom. The Hall–Kier alpha value is -1.24. The molecule has 0 radical (unpaired) electrons. The summed E-state index contributed by atoms with van der Waals surface area (Å²) in [5.74, 6) is 0.400. The third-order valence-corrected chi connectivity index (χ3v) is 2.72. The van der Waals surface area contributed by atoms with Crippen molar-refractivity contribution < 1.29 is 17.9 Å². The van der Waals surface area contributed by atoms with Gasteiger partial charge in [0.1, 0.15) is 0 Å². The highest BCUT2D eigenvalue weighted by Crippen LogP contribution is 2.18. The van der Waals surface area contributed by atoms with Crippen LogP contribution in [0.3, 0.4) is 0 Å². The third-order valence-electron chi connectivity index (χ3n) is 2.72. The molecule has 1 aliphatic heterocycles. The zero-order valence-corrected chi connectivity index (χ0v) is 11.0. The second kappa shape index (κ2) is 8.04. The van der Waals surface area contributed by atoms with E-state index in [0.29, 0.717) is 19.1 Å². The fraction of sp³-hybridized carbons (Fsp3) is 0.750. The van der Waals surface area contributed by atoms with Crippen LogP contribution < -0.4 is 10.6 Å². The number of alkyl halides is 3. The van der Waals surface area contributed by atoms with E-state index in [-0.39, 0.29) is 6.54 Å². The van der Waals surface area contributed by atoms with Crippen LogP contribution in [-0.2, 0) is 4.74 Å². The number of halogens is 3. The molecular weight excluding hydrogens is 259 g/mol. The highest BCUT2D eigenvalue weighted by Gasteiger charge is 2.26. The molecule has 0 spiro atoms. The molecule has 0 unspecified atom stereocenters. The molecule has 2 N–H and O–H groups in total. The van der Waals surface area contributed by atoms with Gasteiger partial charge >= 0.3 is 6.18 Å². The highest BCUT2D eigenvalue weighted by molar-refractivity contribution is 5.79. The Morgan fingerprint density at radius 2 is 2.11 bits per heavy atom. The minimum absolute atomic E-state index is 0.167. The Morgan fingerprint density at radius 3 is 2.68 bits per heavy atom. The molecule has 1 aliphatic rings. The topological polar surface area (TPSA) is 45.7 Å². The van der Waals surface area contributed by atoms with Gasteiger partial charge in [0.15, 0.2) is 5.96 Å². The number of guanidine groups is 1. The Kier molecular flexibility index (Phi) is 6.69. The van der Waals surface area contributed by atoms with Gasteiger partial charge in [-0.2, -0.15) is 13.2 Å². The lowest BCUT2D eigenvalue weighted by molar-refractivity contribution is -0.132. The van der Waals surface area contributed by atoms with Gasteiger partial charge in [-0.15, -0.1) is 0 Å². The maximum atomic E-state index is 12.0. The van der Waals surface area contributed by atoms with Crippen molar-refractivity contribution in [3.05, 3.63) is 11.6 Å². The number of hydrogen-bond acceptors (Lipinski definition) is 2. The van der Waals surface area contributed by atoms with Crippen molar-refractivity contribution >= 4 is 5.96 Å². The van der Waals surface area contributed by atoms with Crippen LogP contribution in [-0.4, -0.2) is 45.5 Å². The van der Waals surface area contributed by atoms with Gasteiger partial charge in [0.25, 0.3) is 0 Å². The molecule has 0 aliphatic carbocycles. The largest absolute Gasteiger partial charge is 0.390 e.